The summed E-state index contributed by atoms with van der Waals surface area (Å²) in [5.41, 5.74) is 7.87. The first-order valence-electron chi connectivity index (χ1n) is 14.7. The fourth-order valence-electron chi connectivity index (χ4n) is 5.13. The molecule has 5 aromatic heterocycles. The molecule has 0 spiro atoms. The second kappa shape index (κ2) is 12.6. The third kappa shape index (κ3) is 6.28. The van der Waals surface area contributed by atoms with Crippen LogP contribution in [0.3, 0.4) is 0 Å². The Kier molecular flexibility index (Phi) is 8.29. The summed E-state index contributed by atoms with van der Waals surface area (Å²) in [6.45, 7) is 3.58. The third-order valence-electron chi connectivity index (χ3n) is 7.37. The lowest BCUT2D eigenvalue weighted by molar-refractivity contribution is -0.116. The average molecular weight is 592 g/mol. The lowest BCUT2D eigenvalue weighted by atomic mass is 10.0. The third-order valence-corrected chi connectivity index (χ3v) is 7.37. The number of carbonyl (C=O) groups is 1. The van der Waals surface area contributed by atoms with E-state index in [1.807, 2.05) is 50.5 Å². The summed E-state index contributed by atoms with van der Waals surface area (Å²) in [5, 5.41) is 14.7. The van der Waals surface area contributed by atoms with E-state index in [2.05, 4.69) is 47.6 Å². The molecule has 10 nitrogen and oxygen atoms in total. The summed E-state index contributed by atoms with van der Waals surface area (Å²) in [7, 11) is 4.00. The highest BCUT2D eigenvalue weighted by atomic mass is 19.1. The highest BCUT2D eigenvalue weighted by molar-refractivity contribution is 5.99. The molecular weight excluding hydrogens is 557 g/mol. The molecule has 0 saturated heterocycles. The maximum atomic E-state index is 14.7. The van der Waals surface area contributed by atoms with Crippen molar-refractivity contribution in [1.82, 2.24) is 35.0 Å². The summed E-state index contributed by atoms with van der Waals surface area (Å²) in [6.07, 6.45) is 7.32. The maximum absolute atomic E-state index is 14.7. The molecule has 0 fully saturated rings. The predicted molar refractivity (Wildman–Crippen MR) is 173 cm³/mol. The standard InChI is InChI=1S/C33H34FN9O/c1-4-5-6-30(44)38-24-15-21(18-35-19-24)27-7-8-28-31(39-27)32(42-41-28)29-17-26-25(9-10-37-33(26)40-29)20-13-22(34)16-23(14-20)36-11-12-43(2)3/h7-10,13-19,36H,4-6,11-12H2,1-3H3,(H,37,40)(H,38,44)(H,41,42). The molecule has 6 rings (SSSR count). The van der Waals surface area contributed by atoms with Gasteiger partial charge in [-0.25, -0.2) is 14.4 Å². The number of pyridine rings is 3. The fourth-order valence-corrected chi connectivity index (χ4v) is 5.13. The van der Waals surface area contributed by atoms with Crippen molar-refractivity contribution in [2.45, 2.75) is 26.2 Å². The van der Waals surface area contributed by atoms with Crippen molar-refractivity contribution in [3.63, 3.8) is 0 Å². The molecule has 224 valence electrons. The number of likely N-dealkylation sites (N-methyl/N-ethyl adjacent to an activating group) is 1. The molecule has 0 radical (unpaired) electrons. The number of unbranched alkanes of at least 4 members (excludes halogenated alkanes) is 1. The Hall–Kier alpha value is -5.16. The van der Waals surface area contributed by atoms with E-state index in [0.717, 1.165) is 58.4 Å². The number of aromatic nitrogens is 6. The SMILES string of the molecule is CCCCC(=O)Nc1cncc(-c2ccc3[nH]nc(-c4cc5c(-c6cc(F)cc(NCCN(C)C)c6)ccnc5[nH]4)c3n2)c1. The van der Waals surface area contributed by atoms with Gasteiger partial charge in [-0.2, -0.15) is 5.10 Å². The van der Waals surface area contributed by atoms with Crippen LogP contribution in [0, 0.1) is 5.82 Å². The molecule has 1 aromatic carbocycles. The molecule has 6 aromatic rings. The molecule has 0 bridgehead atoms. The van der Waals surface area contributed by atoms with Crippen molar-refractivity contribution < 1.29 is 9.18 Å². The van der Waals surface area contributed by atoms with E-state index in [4.69, 9.17) is 4.98 Å². The van der Waals surface area contributed by atoms with Gasteiger partial charge in [-0.3, -0.25) is 14.9 Å². The summed E-state index contributed by atoms with van der Waals surface area (Å²) < 4.78 is 14.7. The summed E-state index contributed by atoms with van der Waals surface area (Å²) in [4.78, 5) is 31.5. The number of aromatic amines is 2. The molecule has 4 N–H and O–H groups in total. The number of nitrogens with one attached hydrogen (secondary N) is 4. The van der Waals surface area contributed by atoms with Crippen LogP contribution in [0.4, 0.5) is 15.8 Å². The van der Waals surface area contributed by atoms with Crippen LogP contribution in [0.1, 0.15) is 26.2 Å². The quantitative estimate of drug-likeness (QED) is 0.136. The summed E-state index contributed by atoms with van der Waals surface area (Å²) in [5.74, 6) is -0.349. The van der Waals surface area contributed by atoms with Crippen molar-refractivity contribution in [1.29, 1.82) is 0 Å². The number of carbonyl (C=O) groups excluding carboxylic acids is 1. The number of fused-ring (bicyclic) bond motifs is 2. The Balaban J connectivity index is 1.33. The highest BCUT2D eigenvalue weighted by Crippen LogP contribution is 2.34. The number of nitrogens with zero attached hydrogens (tertiary/aromatic N) is 5. The minimum absolute atomic E-state index is 0.0341. The van der Waals surface area contributed by atoms with Gasteiger partial charge in [0.15, 0.2) is 0 Å². The smallest absolute Gasteiger partial charge is 0.224 e. The van der Waals surface area contributed by atoms with E-state index in [0.29, 0.717) is 41.2 Å². The first-order valence-corrected chi connectivity index (χ1v) is 14.7. The minimum Gasteiger partial charge on any atom is -0.384 e. The van der Waals surface area contributed by atoms with Crippen LogP contribution in [-0.2, 0) is 4.79 Å². The summed E-state index contributed by atoms with van der Waals surface area (Å²) >= 11 is 0. The topological polar surface area (TPSA) is 128 Å². The molecule has 1 amide bonds. The average Bonchev–Trinajstić information content (AvgIpc) is 3.63. The largest absolute Gasteiger partial charge is 0.384 e. The van der Waals surface area contributed by atoms with Gasteiger partial charge in [0.1, 0.15) is 22.7 Å². The molecule has 11 heteroatoms. The van der Waals surface area contributed by atoms with E-state index >= 15 is 0 Å². The molecule has 0 saturated carbocycles. The minimum atomic E-state index is -0.315. The normalized spacial score (nSPS) is 11.5. The molecule has 0 aliphatic heterocycles. The lowest BCUT2D eigenvalue weighted by Crippen LogP contribution is -2.20. The number of hydrogen-bond donors (Lipinski definition) is 4. The molecule has 5 heterocycles. The van der Waals surface area contributed by atoms with Crippen molar-refractivity contribution in [3.05, 3.63) is 72.9 Å². The van der Waals surface area contributed by atoms with Gasteiger partial charge in [0.05, 0.1) is 28.8 Å². The van der Waals surface area contributed by atoms with Gasteiger partial charge in [0.25, 0.3) is 0 Å². The zero-order valence-corrected chi connectivity index (χ0v) is 24.9. The van der Waals surface area contributed by atoms with Crippen LogP contribution >= 0.6 is 0 Å². The second-order valence-electron chi connectivity index (χ2n) is 11.0. The van der Waals surface area contributed by atoms with Crippen LogP contribution in [0.5, 0.6) is 0 Å². The number of anilines is 2. The fraction of sp³-hybridized carbons (Fsp3) is 0.242. The molecule has 0 aliphatic carbocycles. The van der Waals surface area contributed by atoms with E-state index in [1.54, 1.807) is 18.6 Å². The van der Waals surface area contributed by atoms with Gasteiger partial charge in [0, 0.05) is 48.5 Å². The van der Waals surface area contributed by atoms with Crippen molar-refractivity contribution >= 4 is 39.3 Å². The monoisotopic (exact) mass is 591 g/mol. The van der Waals surface area contributed by atoms with Gasteiger partial charge >= 0.3 is 0 Å². The molecule has 44 heavy (non-hydrogen) atoms. The van der Waals surface area contributed by atoms with Crippen LogP contribution < -0.4 is 10.6 Å². The van der Waals surface area contributed by atoms with Crippen LogP contribution in [0.2, 0.25) is 0 Å². The number of amides is 1. The van der Waals surface area contributed by atoms with E-state index in [1.165, 1.54) is 12.1 Å². The van der Waals surface area contributed by atoms with Crippen molar-refractivity contribution in [2.75, 3.05) is 37.8 Å². The van der Waals surface area contributed by atoms with Gasteiger partial charge < -0.3 is 20.5 Å². The number of halogens is 1. The predicted octanol–water partition coefficient (Wildman–Crippen LogP) is 6.47. The van der Waals surface area contributed by atoms with Gasteiger partial charge in [0.2, 0.25) is 5.91 Å². The zero-order chi connectivity index (χ0) is 30.6. The molecule has 0 atom stereocenters. The Bertz CT molecular complexity index is 1950. The zero-order valence-electron chi connectivity index (χ0n) is 24.9. The van der Waals surface area contributed by atoms with Gasteiger partial charge in [-0.15, -0.1) is 0 Å². The Labute approximate surface area is 254 Å². The maximum Gasteiger partial charge on any atom is 0.224 e. The number of H-pyrrole nitrogens is 2. The lowest BCUT2D eigenvalue weighted by Gasteiger charge is -2.13. The number of rotatable bonds is 11. The second-order valence-corrected chi connectivity index (χ2v) is 11.0. The number of benzene rings is 1. The number of hydrogen-bond acceptors (Lipinski definition) is 7. The summed E-state index contributed by atoms with van der Waals surface area (Å²) in [6, 6.07) is 14.5. The van der Waals surface area contributed by atoms with Crippen molar-refractivity contribution in [2.24, 2.45) is 0 Å². The van der Waals surface area contributed by atoms with E-state index in [9.17, 15) is 9.18 Å². The highest BCUT2D eigenvalue weighted by Gasteiger charge is 2.17. The van der Waals surface area contributed by atoms with Crippen LogP contribution in [0.25, 0.3) is 55.8 Å². The van der Waals surface area contributed by atoms with Crippen LogP contribution in [0.15, 0.2) is 67.1 Å². The molecular formula is C33H34FN9O. The van der Waals surface area contributed by atoms with E-state index < -0.39 is 0 Å². The van der Waals surface area contributed by atoms with Crippen LogP contribution in [-0.4, -0.2) is 68.1 Å². The first kappa shape index (κ1) is 28.9. The van der Waals surface area contributed by atoms with Gasteiger partial charge in [-0.1, -0.05) is 13.3 Å². The van der Waals surface area contributed by atoms with Gasteiger partial charge in [-0.05, 0) is 80.2 Å². The van der Waals surface area contributed by atoms with E-state index in [-0.39, 0.29) is 11.7 Å². The Morgan fingerprint density at radius 1 is 1.02 bits per heavy atom. The first-order chi connectivity index (χ1) is 21.4. The molecule has 0 unspecified atom stereocenters. The molecule has 0 aliphatic rings. The Morgan fingerprint density at radius 3 is 2.73 bits per heavy atom. The van der Waals surface area contributed by atoms with Crippen molar-refractivity contribution in [3.8, 4) is 33.8 Å². The Morgan fingerprint density at radius 2 is 1.89 bits per heavy atom.